The molecule has 0 heterocycles. The maximum atomic E-state index is 4.31. The zero-order valence-electron chi connectivity index (χ0n) is 28.7. The van der Waals surface area contributed by atoms with Gasteiger partial charge in [0.1, 0.15) is 0 Å². The van der Waals surface area contributed by atoms with Crippen LogP contribution >= 0.6 is 0 Å². The van der Waals surface area contributed by atoms with Crippen LogP contribution in [0, 0.1) is 6.92 Å². The fourth-order valence-corrected chi connectivity index (χ4v) is 5.33. The summed E-state index contributed by atoms with van der Waals surface area (Å²) in [4.78, 5) is 0. The van der Waals surface area contributed by atoms with Crippen LogP contribution in [0.4, 0.5) is 0 Å². The summed E-state index contributed by atoms with van der Waals surface area (Å²) in [6, 6.07) is 21.6. The minimum Gasteiger partial charge on any atom is -0.0984 e. The molecule has 0 heteroatoms. The predicted octanol–water partition coefficient (Wildman–Crippen LogP) is 11.7. The zero-order valence-corrected chi connectivity index (χ0v) is 28.7. The number of allylic oxidation sites excluding steroid dienone is 22. The van der Waals surface area contributed by atoms with Crippen LogP contribution in [0.2, 0.25) is 0 Å². The third-order valence-corrected chi connectivity index (χ3v) is 7.53. The Kier molecular flexibility index (Phi) is 15.2. The van der Waals surface area contributed by atoms with Crippen molar-refractivity contribution in [2.75, 3.05) is 0 Å². The van der Waals surface area contributed by atoms with E-state index in [4.69, 9.17) is 0 Å². The van der Waals surface area contributed by atoms with Gasteiger partial charge < -0.3 is 0 Å². The second-order valence-corrected chi connectivity index (χ2v) is 10.6. The minimum absolute atomic E-state index is 0.986. The second kappa shape index (κ2) is 19.8. The van der Waals surface area contributed by atoms with Crippen molar-refractivity contribution in [3.05, 3.63) is 221 Å². The van der Waals surface area contributed by atoms with Crippen molar-refractivity contribution in [1.29, 1.82) is 0 Å². The smallest absolute Gasteiger partial charge is 0.00301 e. The Labute approximate surface area is 283 Å². The molecule has 0 atom stereocenters. The summed E-state index contributed by atoms with van der Waals surface area (Å²) in [5.41, 5.74) is 7.64. The SMILES string of the molecule is C=CC1=C/C=C/C=c2/ccc(C)c/c2=C/C=C/C=C/C=C(c2cccc3ccccc23)/C(C(/C=C\C=C/C=C/C)=C\C)=C\1C=C.CC. The molecule has 0 saturated carbocycles. The Morgan fingerprint density at radius 1 is 0.638 bits per heavy atom. The van der Waals surface area contributed by atoms with E-state index in [1.807, 2.05) is 51.2 Å². The molecule has 0 aromatic heterocycles. The first-order valence-corrected chi connectivity index (χ1v) is 16.4. The number of rotatable bonds is 7. The highest BCUT2D eigenvalue weighted by atomic mass is 14.2. The van der Waals surface area contributed by atoms with Crippen LogP contribution in [0.1, 0.15) is 38.8 Å². The Bertz CT molecular complexity index is 1980. The molecule has 0 bridgehead atoms. The number of aryl methyl sites for hydroxylation is 1. The molecule has 0 spiro atoms. The van der Waals surface area contributed by atoms with E-state index in [9.17, 15) is 0 Å². The summed E-state index contributed by atoms with van der Waals surface area (Å²) in [6.07, 6.45) is 39.6. The van der Waals surface area contributed by atoms with Crippen LogP contribution in [0.15, 0.2) is 199 Å². The minimum atomic E-state index is 0.986. The van der Waals surface area contributed by atoms with E-state index in [2.05, 4.69) is 173 Å². The monoisotopic (exact) mass is 612 g/mol. The van der Waals surface area contributed by atoms with Gasteiger partial charge in [0.25, 0.3) is 0 Å². The summed E-state index contributed by atoms with van der Waals surface area (Å²) >= 11 is 0. The van der Waals surface area contributed by atoms with Gasteiger partial charge in [-0.3, -0.25) is 0 Å². The summed E-state index contributed by atoms with van der Waals surface area (Å²) in [7, 11) is 0. The second-order valence-electron chi connectivity index (χ2n) is 10.6. The Balaban J connectivity index is 0.00000294. The average Bonchev–Trinajstić information content (AvgIpc) is 3.10. The van der Waals surface area contributed by atoms with E-state index in [0.29, 0.717) is 0 Å². The van der Waals surface area contributed by atoms with Gasteiger partial charge in [0.05, 0.1) is 0 Å². The van der Waals surface area contributed by atoms with Gasteiger partial charge >= 0.3 is 0 Å². The van der Waals surface area contributed by atoms with Crippen molar-refractivity contribution in [1.82, 2.24) is 0 Å². The lowest BCUT2D eigenvalue weighted by atomic mass is 9.83. The molecular weight excluding hydrogens is 565 g/mol. The summed E-state index contributed by atoms with van der Waals surface area (Å²) in [6.45, 7) is 18.8. The van der Waals surface area contributed by atoms with Crippen molar-refractivity contribution in [3.8, 4) is 0 Å². The topological polar surface area (TPSA) is 0 Å². The summed E-state index contributed by atoms with van der Waals surface area (Å²) in [5.74, 6) is 0. The third-order valence-electron chi connectivity index (χ3n) is 7.53. The van der Waals surface area contributed by atoms with Crippen LogP contribution in [0.3, 0.4) is 0 Å². The van der Waals surface area contributed by atoms with Crippen LogP contribution in [0.5, 0.6) is 0 Å². The lowest BCUT2D eigenvalue weighted by Crippen LogP contribution is -2.23. The molecule has 0 radical (unpaired) electrons. The van der Waals surface area contributed by atoms with E-state index >= 15 is 0 Å². The molecule has 0 saturated heterocycles. The number of hydrogen-bond acceptors (Lipinski definition) is 0. The highest BCUT2D eigenvalue weighted by Crippen LogP contribution is 2.38. The molecule has 0 amide bonds. The van der Waals surface area contributed by atoms with Gasteiger partial charge in [0.2, 0.25) is 0 Å². The Hall–Kier alpha value is -5.46. The molecular formula is C47H48. The molecule has 1 aliphatic rings. The molecule has 0 nitrogen and oxygen atoms in total. The average molecular weight is 613 g/mol. The fraction of sp³-hybridized carbons (Fsp3) is 0.106. The van der Waals surface area contributed by atoms with Crippen LogP contribution in [-0.2, 0) is 0 Å². The number of fused-ring (bicyclic) bond motifs is 2. The maximum Gasteiger partial charge on any atom is -0.00301 e. The van der Waals surface area contributed by atoms with E-state index in [0.717, 1.165) is 38.6 Å². The highest BCUT2D eigenvalue weighted by molar-refractivity contribution is 6.00. The van der Waals surface area contributed by atoms with Gasteiger partial charge in [0, 0.05) is 0 Å². The van der Waals surface area contributed by atoms with Gasteiger partial charge in [-0.1, -0.05) is 209 Å². The molecule has 236 valence electrons. The first-order chi connectivity index (χ1) is 23.1. The van der Waals surface area contributed by atoms with Crippen molar-refractivity contribution in [2.24, 2.45) is 0 Å². The van der Waals surface area contributed by atoms with Crippen LogP contribution in [0.25, 0.3) is 28.5 Å². The Morgan fingerprint density at radius 3 is 2.06 bits per heavy atom. The number of benzene rings is 3. The van der Waals surface area contributed by atoms with Crippen LogP contribution < -0.4 is 10.4 Å². The first-order valence-electron chi connectivity index (χ1n) is 16.4. The standard InChI is InChI=1S/C45H42.C2H6/c1-6-10-11-12-15-24-37(8-3)45-41(9-4)36(7-2)23-18-19-25-38-33-32-35(5)34-40(38)27-16-13-14-17-30-44(45)43-31-22-28-39-26-20-21-29-42(39)43;1-2/h6-34H,2,4H2,1,3,5H3;1-2H3/b10-6+,12-11-,14-13?,16-13+,17-14+,19-18+,23-18?,24-15-,25-19?,27-16?,30-17?,36-23-,37-8-,38-25-,40-27-,41-36?,44-30+,45-41-,45-44?;. The predicted molar refractivity (Wildman–Crippen MR) is 212 cm³/mol. The first kappa shape index (κ1) is 36.0. The van der Waals surface area contributed by atoms with Gasteiger partial charge in [-0.15, -0.1) is 0 Å². The molecule has 3 aromatic rings. The lowest BCUT2D eigenvalue weighted by molar-refractivity contribution is 1.40. The maximum absolute atomic E-state index is 4.31. The molecule has 0 aliphatic heterocycles. The molecule has 47 heavy (non-hydrogen) atoms. The van der Waals surface area contributed by atoms with Gasteiger partial charge in [-0.2, -0.15) is 0 Å². The molecule has 0 fully saturated rings. The third kappa shape index (κ3) is 10.0. The van der Waals surface area contributed by atoms with Gasteiger partial charge in [0.15, 0.2) is 0 Å². The molecule has 1 aliphatic carbocycles. The quantitative estimate of drug-likeness (QED) is 0.233. The summed E-state index contributed by atoms with van der Waals surface area (Å²) in [5, 5.41) is 4.73. The van der Waals surface area contributed by atoms with E-state index in [-0.39, 0.29) is 0 Å². The zero-order chi connectivity index (χ0) is 33.9. The van der Waals surface area contributed by atoms with Crippen molar-refractivity contribution in [2.45, 2.75) is 34.6 Å². The molecule has 3 aromatic carbocycles. The van der Waals surface area contributed by atoms with E-state index in [1.54, 1.807) is 0 Å². The summed E-state index contributed by atoms with van der Waals surface area (Å²) < 4.78 is 0. The molecule has 0 unspecified atom stereocenters. The largest absolute Gasteiger partial charge is 0.0984 e. The lowest BCUT2D eigenvalue weighted by Gasteiger charge is -2.20. The number of hydrogen-bond donors (Lipinski definition) is 0. The fourth-order valence-electron chi connectivity index (χ4n) is 5.33. The Morgan fingerprint density at radius 2 is 1.32 bits per heavy atom. The molecule has 0 N–H and O–H groups in total. The normalized spacial score (nSPS) is 21.6. The van der Waals surface area contributed by atoms with Gasteiger partial charge in [-0.05, 0) is 75.4 Å². The van der Waals surface area contributed by atoms with Crippen LogP contribution in [-0.4, -0.2) is 0 Å². The van der Waals surface area contributed by atoms with Crippen molar-refractivity contribution >= 4 is 28.5 Å². The van der Waals surface area contributed by atoms with E-state index in [1.165, 1.54) is 21.6 Å². The van der Waals surface area contributed by atoms with E-state index < -0.39 is 0 Å². The van der Waals surface area contributed by atoms with Crippen molar-refractivity contribution < 1.29 is 0 Å². The van der Waals surface area contributed by atoms with Crippen molar-refractivity contribution in [3.63, 3.8) is 0 Å². The molecule has 4 rings (SSSR count). The van der Waals surface area contributed by atoms with Gasteiger partial charge in [-0.25, -0.2) is 0 Å². The highest BCUT2D eigenvalue weighted by Gasteiger charge is 2.18.